The maximum absolute atomic E-state index is 10.1. The van der Waals surface area contributed by atoms with E-state index in [1.165, 1.54) is 0 Å². The highest BCUT2D eigenvalue weighted by Crippen LogP contribution is 2.30. The summed E-state index contributed by atoms with van der Waals surface area (Å²) < 4.78 is 0. The lowest BCUT2D eigenvalue weighted by Crippen LogP contribution is -2.50. The van der Waals surface area contributed by atoms with Crippen molar-refractivity contribution < 1.29 is 5.11 Å². The van der Waals surface area contributed by atoms with Crippen molar-refractivity contribution in [2.75, 3.05) is 12.4 Å². The first-order valence-corrected chi connectivity index (χ1v) is 8.12. The standard InChI is InChI=1S/C17H22N2OS/c1-14(2)19-17(12-20,15-6-4-3-5-7-15)13-21-16-8-10-18-11-9-16/h3-11,14,19-20H,12-13H2,1-2H3. The van der Waals surface area contributed by atoms with Gasteiger partial charge in [-0.3, -0.25) is 4.98 Å². The van der Waals surface area contributed by atoms with Crippen LogP contribution in [0.3, 0.4) is 0 Å². The number of hydrogen-bond acceptors (Lipinski definition) is 4. The minimum absolute atomic E-state index is 0.0628. The van der Waals surface area contributed by atoms with Crippen LogP contribution in [0.4, 0.5) is 0 Å². The Kier molecular flexibility index (Phi) is 5.79. The number of pyridine rings is 1. The molecule has 0 radical (unpaired) electrons. The number of aromatic nitrogens is 1. The number of benzene rings is 1. The third-order valence-electron chi connectivity index (χ3n) is 3.30. The highest BCUT2D eigenvalue weighted by molar-refractivity contribution is 7.99. The predicted octanol–water partition coefficient (Wildman–Crippen LogP) is 3.06. The monoisotopic (exact) mass is 302 g/mol. The van der Waals surface area contributed by atoms with Crippen LogP contribution in [0.15, 0.2) is 59.8 Å². The van der Waals surface area contributed by atoms with Crippen molar-refractivity contribution in [1.82, 2.24) is 10.3 Å². The third-order valence-corrected chi connectivity index (χ3v) is 4.54. The van der Waals surface area contributed by atoms with Gasteiger partial charge in [-0.1, -0.05) is 30.3 Å². The fraction of sp³-hybridized carbons (Fsp3) is 0.353. The van der Waals surface area contributed by atoms with Crippen LogP contribution in [0.1, 0.15) is 19.4 Å². The summed E-state index contributed by atoms with van der Waals surface area (Å²) in [7, 11) is 0. The van der Waals surface area contributed by atoms with E-state index in [4.69, 9.17) is 0 Å². The fourth-order valence-corrected chi connectivity index (χ4v) is 3.41. The van der Waals surface area contributed by atoms with Crippen LogP contribution in [-0.4, -0.2) is 28.5 Å². The van der Waals surface area contributed by atoms with Gasteiger partial charge in [-0.05, 0) is 31.5 Å². The zero-order valence-corrected chi connectivity index (χ0v) is 13.3. The smallest absolute Gasteiger partial charge is 0.0766 e. The molecule has 0 aliphatic carbocycles. The minimum Gasteiger partial charge on any atom is -0.394 e. The molecule has 0 amide bonds. The van der Waals surface area contributed by atoms with Crippen LogP contribution in [0.2, 0.25) is 0 Å². The van der Waals surface area contributed by atoms with E-state index in [0.717, 1.165) is 16.2 Å². The third kappa shape index (κ3) is 4.30. The molecule has 0 fully saturated rings. The van der Waals surface area contributed by atoms with Crippen molar-refractivity contribution in [3.63, 3.8) is 0 Å². The maximum atomic E-state index is 10.1. The molecule has 1 unspecified atom stereocenters. The summed E-state index contributed by atoms with van der Waals surface area (Å²) in [6.07, 6.45) is 3.59. The minimum atomic E-state index is -0.441. The van der Waals surface area contributed by atoms with Crippen LogP contribution in [-0.2, 0) is 5.54 Å². The number of aliphatic hydroxyl groups excluding tert-OH is 1. The topological polar surface area (TPSA) is 45.1 Å². The Balaban J connectivity index is 2.23. The Labute approximate surface area is 130 Å². The van der Waals surface area contributed by atoms with Crippen LogP contribution >= 0.6 is 11.8 Å². The Morgan fingerprint density at radius 1 is 1.14 bits per heavy atom. The molecule has 21 heavy (non-hydrogen) atoms. The van der Waals surface area contributed by atoms with E-state index >= 15 is 0 Å². The number of nitrogens with zero attached hydrogens (tertiary/aromatic N) is 1. The molecule has 1 atom stereocenters. The van der Waals surface area contributed by atoms with Crippen molar-refractivity contribution in [2.24, 2.45) is 0 Å². The van der Waals surface area contributed by atoms with Crippen LogP contribution in [0.5, 0.6) is 0 Å². The van der Waals surface area contributed by atoms with Gasteiger partial charge in [0, 0.05) is 29.1 Å². The van der Waals surface area contributed by atoms with E-state index < -0.39 is 5.54 Å². The summed E-state index contributed by atoms with van der Waals surface area (Å²) in [5.41, 5.74) is 0.673. The largest absolute Gasteiger partial charge is 0.394 e. The van der Waals surface area contributed by atoms with Crippen LogP contribution in [0.25, 0.3) is 0 Å². The van der Waals surface area contributed by atoms with Crippen LogP contribution < -0.4 is 5.32 Å². The number of hydrogen-bond donors (Lipinski definition) is 2. The maximum Gasteiger partial charge on any atom is 0.0766 e. The molecule has 1 aromatic heterocycles. The predicted molar refractivity (Wildman–Crippen MR) is 88.4 cm³/mol. The Morgan fingerprint density at radius 2 is 1.81 bits per heavy atom. The van der Waals surface area contributed by atoms with Crippen molar-refractivity contribution in [2.45, 2.75) is 30.3 Å². The van der Waals surface area contributed by atoms with E-state index in [-0.39, 0.29) is 12.6 Å². The number of rotatable bonds is 7. The molecule has 112 valence electrons. The van der Waals surface area contributed by atoms with Gasteiger partial charge in [0.05, 0.1) is 12.1 Å². The van der Waals surface area contributed by atoms with Gasteiger partial charge in [0.15, 0.2) is 0 Å². The lowest BCUT2D eigenvalue weighted by Gasteiger charge is -2.35. The van der Waals surface area contributed by atoms with E-state index in [9.17, 15) is 5.11 Å². The van der Waals surface area contributed by atoms with Gasteiger partial charge in [0.25, 0.3) is 0 Å². The van der Waals surface area contributed by atoms with Gasteiger partial charge < -0.3 is 10.4 Å². The molecule has 0 aliphatic heterocycles. The van der Waals surface area contributed by atoms with E-state index in [0.29, 0.717) is 0 Å². The van der Waals surface area contributed by atoms with Gasteiger partial charge >= 0.3 is 0 Å². The summed E-state index contributed by atoms with van der Waals surface area (Å²) in [5.74, 6) is 0.760. The Bertz CT molecular complexity index is 533. The van der Waals surface area contributed by atoms with Gasteiger partial charge in [-0.25, -0.2) is 0 Å². The summed E-state index contributed by atoms with van der Waals surface area (Å²) in [6.45, 7) is 4.27. The molecular formula is C17H22N2OS. The molecular weight excluding hydrogens is 280 g/mol. The highest BCUT2D eigenvalue weighted by Gasteiger charge is 2.32. The molecule has 2 rings (SSSR count). The summed E-state index contributed by atoms with van der Waals surface area (Å²) in [4.78, 5) is 5.19. The van der Waals surface area contributed by atoms with E-state index in [1.54, 1.807) is 24.2 Å². The van der Waals surface area contributed by atoms with Crippen molar-refractivity contribution in [1.29, 1.82) is 0 Å². The number of thioether (sulfide) groups is 1. The summed E-state index contributed by atoms with van der Waals surface area (Å²) in [5, 5.41) is 13.6. The van der Waals surface area contributed by atoms with E-state index in [1.807, 2.05) is 30.3 Å². The first-order valence-electron chi connectivity index (χ1n) is 7.13. The molecule has 1 aromatic carbocycles. The number of aliphatic hydroxyl groups is 1. The van der Waals surface area contributed by atoms with Gasteiger partial charge in [0.2, 0.25) is 0 Å². The summed E-state index contributed by atoms with van der Waals surface area (Å²) >= 11 is 1.73. The molecule has 0 saturated carbocycles. The van der Waals surface area contributed by atoms with E-state index in [2.05, 4.69) is 36.3 Å². The van der Waals surface area contributed by atoms with Crippen molar-refractivity contribution >= 4 is 11.8 Å². The molecule has 4 heteroatoms. The molecule has 0 saturated heterocycles. The second kappa shape index (κ2) is 7.59. The second-order valence-electron chi connectivity index (χ2n) is 5.38. The SMILES string of the molecule is CC(C)NC(CO)(CSc1ccncc1)c1ccccc1. The molecule has 1 heterocycles. The Hall–Kier alpha value is -1.36. The second-order valence-corrected chi connectivity index (χ2v) is 6.43. The van der Waals surface area contributed by atoms with Crippen molar-refractivity contribution in [3.05, 3.63) is 60.4 Å². The lowest BCUT2D eigenvalue weighted by atomic mass is 9.92. The van der Waals surface area contributed by atoms with Gasteiger partial charge in [0.1, 0.15) is 0 Å². The quantitative estimate of drug-likeness (QED) is 0.772. The van der Waals surface area contributed by atoms with Crippen LogP contribution in [0, 0.1) is 0 Å². The molecule has 2 N–H and O–H groups in total. The normalized spacial score (nSPS) is 14.1. The molecule has 0 bridgehead atoms. The fourth-order valence-electron chi connectivity index (χ4n) is 2.34. The molecule has 0 spiro atoms. The first kappa shape index (κ1) is 16.0. The molecule has 0 aliphatic rings. The average molecular weight is 302 g/mol. The Morgan fingerprint density at radius 3 is 2.38 bits per heavy atom. The molecule has 2 aromatic rings. The average Bonchev–Trinajstić information content (AvgIpc) is 2.53. The molecule has 3 nitrogen and oxygen atoms in total. The highest BCUT2D eigenvalue weighted by atomic mass is 32.2. The lowest BCUT2D eigenvalue weighted by molar-refractivity contribution is 0.170. The number of nitrogens with one attached hydrogen (secondary N) is 1. The van der Waals surface area contributed by atoms with Crippen molar-refractivity contribution in [3.8, 4) is 0 Å². The zero-order chi connectivity index (χ0) is 15.1. The van der Waals surface area contributed by atoms with Gasteiger partial charge in [-0.2, -0.15) is 0 Å². The summed E-state index contributed by atoms with van der Waals surface area (Å²) in [6, 6.07) is 14.4. The van der Waals surface area contributed by atoms with Gasteiger partial charge in [-0.15, -0.1) is 11.8 Å². The zero-order valence-electron chi connectivity index (χ0n) is 12.5. The first-order chi connectivity index (χ1) is 10.2.